The monoisotopic (exact) mass is 418 g/mol. The molecule has 0 aliphatic carbocycles. The molecular formula is C24H19FN2O4. The average Bonchev–Trinajstić information content (AvgIpc) is 3.12. The zero-order valence-electron chi connectivity index (χ0n) is 16.9. The van der Waals surface area contributed by atoms with E-state index in [4.69, 9.17) is 9.15 Å². The Morgan fingerprint density at radius 3 is 2.32 bits per heavy atom. The number of ether oxygens (including phenoxy) is 1. The van der Waals surface area contributed by atoms with Crippen LogP contribution in [0.5, 0.6) is 5.75 Å². The fourth-order valence-corrected chi connectivity index (χ4v) is 3.17. The molecule has 0 saturated carbocycles. The zero-order valence-corrected chi connectivity index (χ0v) is 16.9. The van der Waals surface area contributed by atoms with Crippen LogP contribution in [0.25, 0.3) is 11.0 Å². The molecule has 3 aromatic carbocycles. The molecule has 0 radical (unpaired) electrons. The third kappa shape index (κ3) is 4.25. The Labute approximate surface area is 177 Å². The van der Waals surface area contributed by atoms with E-state index in [0.29, 0.717) is 27.9 Å². The molecule has 31 heavy (non-hydrogen) atoms. The van der Waals surface area contributed by atoms with Gasteiger partial charge in [-0.05, 0) is 55.5 Å². The predicted molar refractivity (Wildman–Crippen MR) is 116 cm³/mol. The summed E-state index contributed by atoms with van der Waals surface area (Å²) in [4.78, 5) is 25.2. The lowest BCUT2D eigenvalue weighted by Crippen LogP contribution is -2.12. The summed E-state index contributed by atoms with van der Waals surface area (Å²) in [5, 5.41) is 5.93. The number of methoxy groups -OCH3 is 1. The van der Waals surface area contributed by atoms with Crippen molar-refractivity contribution in [2.75, 3.05) is 17.7 Å². The van der Waals surface area contributed by atoms with Crippen LogP contribution in [-0.4, -0.2) is 18.9 Å². The number of rotatable bonds is 5. The molecule has 0 aliphatic heterocycles. The Bertz CT molecular complexity index is 1280. The molecule has 2 N–H and O–H groups in total. The largest absolute Gasteiger partial charge is 0.492 e. The van der Waals surface area contributed by atoms with Crippen LogP contribution in [0.4, 0.5) is 15.8 Å². The van der Waals surface area contributed by atoms with Crippen molar-refractivity contribution >= 4 is 34.2 Å². The molecule has 0 aliphatic rings. The summed E-state index contributed by atoms with van der Waals surface area (Å²) >= 11 is 0. The van der Waals surface area contributed by atoms with Gasteiger partial charge < -0.3 is 19.8 Å². The summed E-state index contributed by atoms with van der Waals surface area (Å²) in [5.41, 5.74) is 2.81. The highest BCUT2D eigenvalue weighted by atomic mass is 19.1. The molecule has 6 nitrogen and oxygen atoms in total. The number of carbonyl (C=O) groups is 2. The van der Waals surface area contributed by atoms with E-state index in [1.54, 1.807) is 36.4 Å². The van der Waals surface area contributed by atoms with Crippen LogP contribution in [0, 0.1) is 12.7 Å². The van der Waals surface area contributed by atoms with Crippen molar-refractivity contribution in [1.29, 1.82) is 0 Å². The third-order valence-corrected chi connectivity index (χ3v) is 4.71. The van der Waals surface area contributed by atoms with Crippen molar-refractivity contribution in [3.8, 4) is 5.75 Å². The molecule has 1 heterocycles. The first kappa shape index (κ1) is 20.2. The van der Waals surface area contributed by atoms with Gasteiger partial charge in [0.25, 0.3) is 11.8 Å². The standard InChI is InChI=1S/C24H19FN2O4/c1-14-6-8-15(9-7-14)23(28)26-18-10-11-20-19(13-18)21(30-2)22(31-20)24(29)27-17-5-3-4-16(25)12-17/h3-13H,1-2H3,(H,26,28)(H,27,29). The van der Waals surface area contributed by atoms with E-state index in [0.717, 1.165) is 5.56 Å². The molecule has 0 unspecified atom stereocenters. The van der Waals surface area contributed by atoms with Crippen LogP contribution in [0.3, 0.4) is 0 Å². The van der Waals surface area contributed by atoms with Gasteiger partial charge in [-0.25, -0.2) is 4.39 Å². The summed E-state index contributed by atoms with van der Waals surface area (Å²) in [5.74, 6) is -1.14. The maximum absolute atomic E-state index is 13.4. The summed E-state index contributed by atoms with van der Waals surface area (Å²) in [6.45, 7) is 1.95. The Morgan fingerprint density at radius 2 is 1.61 bits per heavy atom. The molecule has 0 saturated heterocycles. The van der Waals surface area contributed by atoms with E-state index >= 15 is 0 Å². The number of hydrogen-bond donors (Lipinski definition) is 2. The van der Waals surface area contributed by atoms with Crippen molar-refractivity contribution in [2.24, 2.45) is 0 Å². The first-order valence-corrected chi connectivity index (χ1v) is 9.50. The summed E-state index contributed by atoms with van der Waals surface area (Å²) in [7, 11) is 1.42. The van der Waals surface area contributed by atoms with Gasteiger partial charge in [0, 0.05) is 16.9 Å². The number of furan rings is 1. The van der Waals surface area contributed by atoms with Gasteiger partial charge in [0.2, 0.25) is 5.76 Å². The molecule has 4 rings (SSSR count). The van der Waals surface area contributed by atoms with Gasteiger partial charge >= 0.3 is 0 Å². The molecule has 0 bridgehead atoms. The van der Waals surface area contributed by atoms with Gasteiger partial charge in [-0.2, -0.15) is 0 Å². The molecule has 0 atom stereocenters. The number of nitrogens with one attached hydrogen (secondary N) is 2. The molecular weight excluding hydrogens is 399 g/mol. The van der Waals surface area contributed by atoms with Crippen LogP contribution in [-0.2, 0) is 0 Å². The number of aryl methyl sites for hydroxylation is 1. The number of hydrogen-bond acceptors (Lipinski definition) is 4. The average molecular weight is 418 g/mol. The second-order valence-corrected chi connectivity index (χ2v) is 6.96. The van der Waals surface area contributed by atoms with Gasteiger partial charge in [-0.1, -0.05) is 23.8 Å². The second kappa shape index (κ2) is 8.31. The lowest BCUT2D eigenvalue weighted by atomic mass is 10.1. The van der Waals surface area contributed by atoms with Crippen molar-refractivity contribution in [3.63, 3.8) is 0 Å². The molecule has 0 spiro atoms. The van der Waals surface area contributed by atoms with E-state index in [9.17, 15) is 14.0 Å². The fraction of sp³-hybridized carbons (Fsp3) is 0.0833. The van der Waals surface area contributed by atoms with Crippen molar-refractivity contribution in [3.05, 3.63) is 89.4 Å². The summed E-state index contributed by atoms with van der Waals surface area (Å²) < 4.78 is 24.5. The number of anilines is 2. The maximum atomic E-state index is 13.4. The number of amides is 2. The van der Waals surface area contributed by atoms with E-state index in [1.807, 2.05) is 19.1 Å². The number of halogens is 1. The normalized spacial score (nSPS) is 10.7. The van der Waals surface area contributed by atoms with Gasteiger partial charge in [0.05, 0.1) is 12.5 Å². The van der Waals surface area contributed by atoms with Gasteiger partial charge in [0.15, 0.2) is 5.75 Å². The van der Waals surface area contributed by atoms with Crippen molar-refractivity contribution < 1.29 is 23.1 Å². The molecule has 4 aromatic rings. The van der Waals surface area contributed by atoms with Crippen LogP contribution in [0.15, 0.2) is 71.1 Å². The van der Waals surface area contributed by atoms with Gasteiger partial charge in [0.1, 0.15) is 11.4 Å². The maximum Gasteiger partial charge on any atom is 0.295 e. The highest BCUT2D eigenvalue weighted by molar-refractivity contribution is 6.09. The smallest absolute Gasteiger partial charge is 0.295 e. The number of carbonyl (C=O) groups excluding carboxylic acids is 2. The van der Waals surface area contributed by atoms with Crippen LogP contribution in [0.2, 0.25) is 0 Å². The van der Waals surface area contributed by atoms with E-state index < -0.39 is 11.7 Å². The molecule has 7 heteroatoms. The Balaban J connectivity index is 1.61. The Kier molecular flexibility index (Phi) is 5.41. The third-order valence-electron chi connectivity index (χ3n) is 4.71. The zero-order chi connectivity index (χ0) is 22.0. The Morgan fingerprint density at radius 1 is 0.903 bits per heavy atom. The van der Waals surface area contributed by atoms with Crippen LogP contribution >= 0.6 is 0 Å². The van der Waals surface area contributed by atoms with Gasteiger partial charge in [-0.3, -0.25) is 9.59 Å². The summed E-state index contributed by atoms with van der Waals surface area (Å²) in [6.07, 6.45) is 0. The molecule has 156 valence electrons. The van der Waals surface area contributed by atoms with E-state index in [-0.39, 0.29) is 17.4 Å². The summed E-state index contributed by atoms with van der Waals surface area (Å²) in [6, 6.07) is 17.7. The van der Waals surface area contributed by atoms with Crippen molar-refractivity contribution in [2.45, 2.75) is 6.92 Å². The van der Waals surface area contributed by atoms with E-state index in [2.05, 4.69) is 10.6 Å². The Hall–Kier alpha value is -4.13. The van der Waals surface area contributed by atoms with E-state index in [1.165, 1.54) is 25.3 Å². The second-order valence-electron chi connectivity index (χ2n) is 6.96. The SMILES string of the molecule is COc1c(C(=O)Nc2cccc(F)c2)oc2ccc(NC(=O)c3ccc(C)cc3)cc12. The minimum atomic E-state index is -0.580. The first-order valence-electron chi connectivity index (χ1n) is 9.50. The first-order chi connectivity index (χ1) is 14.9. The van der Waals surface area contributed by atoms with Crippen LogP contribution in [0.1, 0.15) is 26.5 Å². The van der Waals surface area contributed by atoms with Crippen LogP contribution < -0.4 is 15.4 Å². The lowest BCUT2D eigenvalue weighted by molar-refractivity contribution is 0.0992. The minimum absolute atomic E-state index is 0.0521. The highest BCUT2D eigenvalue weighted by Gasteiger charge is 2.22. The topological polar surface area (TPSA) is 80.6 Å². The fourth-order valence-electron chi connectivity index (χ4n) is 3.17. The molecule has 0 fully saturated rings. The highest BCUT2D eigenvalue weighted by Crippen LogP contribution is 2.35. The van der Waals surface area contributed by atoms with Crippen molar-refractivity contribution in [1.82, 2.24) is 0 Å². The lowest BCUT2D eigenvalue weighted by Gasteiger charge is -2.06. The quantitative estimate of drug-likeness (QED) is 0.455. The molecule has 1 aromatic heterocycles. The van der Waals surface area contributed by atoms with Gasteiger partial charge in [-0.15, -0.1) is 0 Å². The number of fused-ring (bicyclic) bond motifs is 1. The molecule has 2 amide bonds. The predicted octanol–water partition coefficient (Wildman–Crippen LogP) is 5.39. The number of benzene rings is 3. The minimum Gasteiger partial charge on any atom is -0.492 e.